The highest BCUT2D eigenvalue weighted by atomic mass is 15.0. The van der Waals surface area contributed by atoms with Crippen LogP contribution in [0.5, 0.6) is 0 Å². The van der Waals surface area contributed by atoms with E-state index in [0.29, 0.717) is 5.92 Å². The second kappa shape index (κ2) is 4.17. The lowest BCUT2D eigenvalue weighted by Crippen LogP contribution is -2.38. The Hall–Kier alpha value is -1.49. The summed E-state index contributed by atoms with van der Waals surface area (Å²) in [5.74, 6) is 0.531. The van der Waals surface area contributed by atoms with Crippen LogP contribution in [-0.4, -0.2) is 5.54 Å². The first kappa shape index (κ1) is 11.0. The molecule has 0 bridgehead atoms. The third kappa shape index (κ3) is 2.04. The van der Waals surface area contributed by atoms with Gasteiger partial charge in [0.05, 0.1) is 6.07 Å². The van der Waals surface area contributed by atoms with Gasteiger partial charge in [-0.1, -0.05) is 19.1 Å². The van der Waals surface area contributed by atoms with E-state index in [9.17, 15) is 5.26 Å². The monoisotopic (exact) mass is 214 g/mol. The van der Waals surface area contributed by atoms with Crippen molar-refractivity contribution >= 4 is 5.69 Å². The number of benzene rings is 1. The Morgan fingerprint density at radius 3 is 2.75 bits per heavy atom. The van der Waals surface area contributed by atoms with Gasteiger partial charge in [-0.15, -0.1) is 0 Å². The summed E-state index contributed by atoms with van der Waals surface area (Å²) in [7, 11) is 0. The SMILES string of the molecule is CCC(C#N)(Nc1cccc(C)c1)C1CC1. The largest absolute Gasteiger partial charge is 0.367 e. The molecule has 84 valence electrons. The Balaban J connectivity index is 2.21. The molecular formula is C14H18N2. The number of nitriles is 1. The Labute approximate surface area is 97.3 Å². The first-order valence-electron chi connectivity index (χ1n) is 5.96. The smallest absolute Gasteiger partial charge is 0.127 e. The number of nitrogens with one attached hydrogen (secondary N) is 1. The topological polar surface area (TPSA) is 35.8 Å². The number of hydrogen-bond acceptors (Lipinski definition) is 2. The van der Waals surface area contributed by atoms with Gasteiger partial charge in [-0.25, -0.2) is 0 Å². The van der Waals surface area contributed by atoms with E-state index in [2.05, 4.69) is 37.4 Å². The molecule has 2 heteroatoms. The quantitative estimate of drug-likeness (QED) is 0.832. The Bertz CT molecular complexity index is 415. The van der Waals surface area contributed by atoms with Crippen molar-refractivity contribution in [3.63, 3.8) is 0 Å². The van der Waals surface area contributed by atoms with Crippen molar-refractivity contribution in [3.05, 3.63) is 29.8 Å². The normalized spacial score (nSPS) is 18.6. The zero-order chi connectivity index (χ0) is 11.6. The van der Waals surface area contributed by atoms with E-state index in [1.165, 1.54) is 18.4 Å². The molecule has 0 radical (unpaired) electrons. The highest BCUT2D eigenvalue weighted by molar-refractivity contribution is 5.50. The zero-order valence-corrected chi connectivity index (χ0v) is 9.96. The lowest BCUT2D eigenvalue weighted by Gasteiger charge is -2.27. The minimum atomic E-state index is -0.353. The number of hydrogen-bond donors (Lipinski definition) is 1. The van der Waals surface area contributed by atoms with Gasteiger partial charge in [0.25, 0.3) is 0 Å². The van der Waals surface area contributed by atoms with E-state index in [1.54, 1.807) is 0 Å². The molecule has 0 aromatic heterocycles. The predicted octanol–water partition coefficient (Wildman–Crippen LogP) is 3.49. The molecule has 2 nitrogen and oxygen atoms in total. The molecule has 1 fully saturated rings. The summed E-state index contributed by atoms with van der Waals surface area (Å²) >= 11 is 0. The van der Waals surface area contributed by atoms with Crippen molar-refractivity contribution in [3.8, 4) is 6.07 Å². The molecule has 1 aromatic carbocycles. The van der Waals surface area contributed by atoms with Gasteiger partial charge >= 0.3 is 0 Å². The van der Waals surface area contributed by atoms with Crippen molar-refractivity contribution in [2.75, 3.05) is 5.32 Å². The van der Waals surface area contributed by atoms with Crippen LogP contribution in [0.4, 0.5) is 5.69 Å². The minimum Gasteiger partial charge on any atom is -0.367 e. The summed E-state index contributed by atoms with van der Waals surface area (Å²) in [6, 6.07) is 10.7. The summed E-state index contributed by atoms with van der Waals surface area (Å²) in [5.41, 5.74) is 1.94. The van der Waals surface area contributed by atoms with Crippen LogP contribution in [0.1, 0.15) is 31.7 Å². The number of aryl methyl sites for hydroxylation is 1. The summed E-state index contributed by atoms with van der Waals surface area (Å²) in [6.07, 6.45) is 3.22. The molecule has 1 N–H and O–H groups in total. The molecule has 1 aliphatic carbocycles. The van der Waals surface area contributed by atoms with Gasteiger partial charge in [0, 0.05) is 5.69 Å². The van der Waals surface area contributed by atoms with Crippen LogP contribution < -0.4 is 5.32 Å². The van der Waals surface area contributed by atoms with Gasteiger partial charge in [0.1, 0.15) is 5.54 Å². The Morgan fingerprint density at radius 2 is 2.25 bits per heavy atom. The van der Waals surface area contributed by atoms with Crippen molar-refractivity contribution in [1.29, 1.82) is 5.26 Å². The molecule has 0 amide bonds. The molecule has 1 atom stereocenters. The molecule has 1 unspecified atom stereocenters. The van der Waals surface area contributed by atoms with Crippen LogP contribution >= 0.6 is 0 Å². The van der Waals surface area contributed by atoms with Crippen LogP contribution in [0.25, 0.3) is 0 Å². The fourth-order valence-corrected chi connectivity index (χ4v) is 2.23. The molecule has 16 heavy (non-hydrogen) atoms. The fraction of sp³-hybridized carbons (Fsp3) is 0.500. The Kier molecular flexibility index (Phi) is 2.87. The average Bonchev–Trinajstić information content (AvgIpc) is 3.10. The lowest BCUT2D eigenvalue weighted by atomic mass is 9.91. The van der Waals surface area contributed by atoms with Gasteiger partial charge in [0.15, 0.2) is 0 Å². The summed E-state index contributed by atoms with van der Waals surface area (Å²) in [6.45, 7) is 4.16. The third-order valence-corrected chi connectivity index (χ3v) is 3.42. The second-order valence-corrected chi connectivity index (χ2v) is 4.71. The molecule has 1 saturated carbocycles. The number of anilines is 1. The van der Waals surface area contributed by atoms with Crippen LogP contribution in [0, 0.1) is 24.2 Å². The molecular weight excluding hydrogens is 196 g/mol. The molecule has 1 aliphatic rings. The van der Waals surface area contributed by atoms with E-state index in [-0.39, 0.29) is 5.54 Å². The lowest BCUT2D eigenvalue weighted by molar-refractivity contribution is 0.499. The average molecular weight is 214 g/mol. The highest BCUT2D eigenvalue weighted by Gasteiger charge is 2.44. The summed E-state index contributed by atoms with van der Waals surface area (Å²) in [5, 5.41) is 12.8. The van der Waals surface area contributed by atoms with Crippen molar-refractivity contribution in [2.45, 2.75) is 38.6 Å². The molecule has 0 spiro atoms. The van der Waals surface area contributed by atoms with Crippen molar-refractivity contribution in [2.24, 2.45) is 5.92 Å². The van der Waals surface area contributed by atoms with Crippen LogP contribution in [-0.2, 0) is 0 Å². The maximum absolute atomic E-state index is 9.41. The van der Waals surface area contributed by atoms with Crippen LogP contribution in [0.15, 0.2) is 24.3 Å². The van der Waals surface area contributed by atoms with Gasteiger partial charge in [0.2, 0.25) is 0 Å². The molecule has 0 heterocycles. The third-order valence-electron chi connectivity index (χ3n) is 3.42. The predicted molar refractivity (Wildman–Crippen MR) is 66.2 cm³/mol. The number of rotatable bonds is 4. The van der Waals surface area contributed by atoms with E-state index in [4.69, 9.17) is 0 Å². The van der Waals surface area contributed by atoms with Crippen LogP contribution in [0.2, 0.25) is 0 Å². The summed E-state index contributed by atoms with van der Waals surface area (Å²) in [4.78, 5) is 0. The second-order valence-electron chi connectivity index (χ2n) is 4.71. The zero-order valence-electron chi connectivity index (χ0n) is 9.96. The standard InChI is InChI=1S/C14H18N2/c1-3-14(10-15,12-7-8-12)16-13-6-4-5-11(2)9-13/h4-6,9,12,16H,3,7-8H2,1-2H3. The van der Waals surface area contributed by atoms with Crippen LogP contribution in [0.3, 0.4) is 0 Å². The van der Waals surface area contributed by atoms with Crippen molar-refractivity contribution < 1.29 is 0 Å². The molecule has 2 rings (SSSR count). The Morgan fingerprint density at radius 1 is 1.50 bits per heavy atom. The first-order valence-corrected chi connectivity index (χ1v) is 5.96. The maximum Gasteiger partial charge on any atom is 0.127 e. The van der Waals surface area contributed by atoms with Gasteiger partial charge in [-0.05, 0) is 49.8 Å². The maximum atomic E-state index is 9.41. The van der Waals surface area contributed by atoms with Gasteiger partial charge in [-0.3, -0.25) is 0 Å². The van der Waals surface area contributed by atoms with E-state index >= 15 is 0 Å². The molecule has 1 aromatic rings. The number of nitrogens with zero attached hydrogens (tertiary/aromatic N) is 1. The van der Waals surface area contributed by atoms with E-state index in [1.807, 2.05) is 12.1 Å². The summed E-state index contributed by atoms with van der Waals surface area (Å²) < 4.78 is 0. The van der Waals surface area contributed by atoms with E-state index < -0.39 is 0 Å². The van der Waals surface area contributed by atoms with Gasteiger partial charge < -0.3 is 5.32 Å². The first-order chi connectivity index (χ1) is 7.70. The molecule has 0 saturated heterocycles. The fourth-order valence-electron chi connectivity index (χ4n) is 2.23. The molecule has 0 aliphatic heterocycles. The minimum absolute atomic E-state index is 0.353. The van der Waals surface area contributed by atoms with E-state index in [0.717, 1.165) is 12.1 Å². The highest BCUT2D eigenvalue weighted by Crippen LogP contribution is 2.43. The van der Waals surface area contributed by atoms with Crippen molar-refractivity contribution in [1.82, 2.24) is 0 Å². The van der Waals surface area contributed by atoms with Gasteiger partial charge in [-0.2, -0.15) is 5.26 Å².